The lowest BCUT2D eigenvalue weighted by Gasteiger charge is -2.21. The first-order chi connectivity index (χ1) is 17.4. The molecule has 0 amide bonds. The second-order valence-electron chi connectivity index (χ2n) is 8.21. The van der Waals surface area contributed by atoms with Gasteiger partial charge in [0.05, 0.1) is 18.2 Å². The van der Waals surface area contributed by atoms with Crippen molar-refractivity contribution in [2.24, 2.45) is 5.16 Å². The smallest absolute Gasteiger partial charge is 0.348 e. The predicted octanol–water partition coefficient (Wildman–Crippen LogP) is 7.29. The van der Waals surface area contributed by atoms with Gasteiger partial charge in [-0.15, -0.1) is 11.3 Å². The van der Waals surface area contributed by atoms with Crippen molar-refractivity contribution in [2.75, 3.05) is 6.61 Å². The van der Waals surface area contributed by atoms with Gasteiger partial charge >= 0.3 is 5.97 Å². The number of hydrogen-bond donors (Lipinski definition) is 1. The van der Waals surface area contributed by atoms with Crippen molar-refractivity contribution in [1.82, 2.24) is 4.98 Å². The maximum atomic E-state index is 15.1. The summed E-state index contributed by atoms with van der Waals surface area (Å²) in [7, 11) is 0. The van der Waals surface area contributed by atoms with Gasteiger partial charge in [0.25, 0.3) is 0 Å². The summed E-state index contributed by atoms with van der Waals surface area (Å²) in [5, 5.41) is 15.8. The van der Waals surface area contributed by atoms with Gasteiger partial charge in [0, 0.05) is 28.9 Å². The number of benzene rings is 2. The maximum Gasteiger partial charge on any atom is 0.348 e. The van der Waals surface area contributed by atoms with Crippen LogP contribution in [-0.2, 0) is 11.2 Å². The zero-order valence-corrected chi connectivity index (χ0v) is 21.3. The molecule has 2 aromatic heterocycles. The van der Waals surface area contributed by atoms with Crippen molar-refractivity contribution in [3.63, 3.8) is 0 Å². The van der Waals surface area contributed by atoms with Crippen LogP contribution in [0.25, 0.3) is 11.1 Å². The fourth-order valence-corrected chi connectivity index (χ4v) is 5.04. The molecule has 36 heavy (non-hydrogen) atoms. The molecule has 4 rings (SSSR count). The number of aromatic nitrogens is 1. The van der Waals surface area contributed by atoms with Gasteiger partial charge in [0.1, 0.15) is 10.7 Å². The van der Waals surface area contributed by atoms with E-state index in [1.165, 1.54) is 17.4 Å². The highest BCUT2D eigenvalue weighted by Crippen LogP contribution is 2.33. The van der Waals surface area contributed by atoms with E-state index in [-0.39, 0.29) is 11.0 Å². The van der Waals surface area contributed by atoms with E-state index in [0.717, 1.165) is 27.9 Å². The summed E-state index contributed by atoms with van der Waals surface area (Å²) in [6, 6.07) is 17.6. The third-order valence-electron chi connectivity index (χ3n) is 5.73. The second kappa shape index (κ2) is 11.5. The molecule has 0 aliphatic heterocycles. The van der Waals surface area contributed by atoms with Crippen LogP contribution in [0.4, 0.5) is 4.39 Å². The molecule has 2 aromatic carbocycles. The number of thiophene rings is 1. The molecule has 0 aliphatic rings. The number of carbonyl (C=O) groups is 1. The minimum atomic E-state index is -0.646. The molecule has 1 N–H and O–H groups in total. The molecule has 1 unspecified atom stereocenters. The molecule has 0 saturated heterocycles. The van der Waals surface area contributed by atoms with Gasteiger partial charge in [-0.2, -0.15) is 0 Å². The van der Waals surface area contributed by atoms with Crippen molar-refractivity contribution in [3.05, 3.63) is 110 Å². The number of pyridine rings is 1. The number of halogens is 2. The summed E-state index contributed by atoms with van der Waals surface area (Å²) < 4.78 is 20.2. The molecule has 0 bridgehead atoms. The third kappa shape index (κ3) is 5.80. The number of hydrogen-bond acceptors (Lipinski definition) is 6. The summed E-state index contributed by atoms with van der Waals surface area (Å²) in [6.07, 6.45) is 2.00. The molecule has 8 heteroatoms. The average molecular weight is 523 g/mol. The van der Waals surface area contributed by atoms with E-state index in [1.807, 2.05) is 48.7 Å². The third-order valence-corrected chi connectivity index (χ3v) is 6.88. The van der Waals surface area contributed by atoms with Gasteiger partial charge in [-0.05, 0) is 71.8 Å². The van der Waals surface area contributed by atoms with Crippen LogP contribution >= 0.6 is 22.9 Å². The van der Waals surface area contributed by atoms with E-state index in [1.54, 1.807) is 31.3 Å². The first kappa shape index (κ1) is 25.5. The van der Waals surface area contributed by atoms with Crippen molar-refractivity contribution >= 4 is 34.6 Å². The van der Waals surface area contributed by atoms with Crippen LogP contribution in [0.1, 0.15) is 44.9 Å². The van der Waals surface area contributed by atoms with E-state index in [0.29, 0.717) is 29.2 Å². The SMILES string of the molecule is CCOC(=O)c1cc(-c2ccc(C(C(Cc3ccnc(C)c3)=NO)c3ccc(Cl)cc3F)cc2)cs1. The van der Waals surface area contributed by atoms with E-state index in [2.05, 4.69) is 10.1 Å². The lowest BCUT2D eigenvalue weighted by Crippen LogP contribution is -2.18. The van der Waals surface area contributed by atoms with E-state index in [4.69, 9.17) is 16.3 Å². The molecule has 0 radical (unpaired) electrons. The average Bonchev–Trinajstić information content (AvgIpc) is 3.36. The summed E-state index contributed by atoms with van der Waals surface area (Å²) in [6.45, 7) is 3.97. The molecule has 0 saturated carbocycles. The quantitative estimate of drug-likeness (QED) is 0.114. The van der Waals surface area contributed by atoms with Gasteiger partial charge in [0.2, 0.25) is 0 Å². The van der Waals surface area contributed by atoms with Gasteiger partial charge in [0.15, 0.2) is 0 Å². The van der Waals surface area contributed by atoms with Crippen molar-refractivity contribution < 1.29 is 19.1 Å². The summed E-state index contributed by atoms with van der Waals surface area (Å²) in [5.41, 5.74) is 5.00. The minimum absolute atomic E-state index is 0.285. The lowest BCUT2D eigenvalue weighted by molar-refractivity contribution is 0.0532. The number of esters is 1. The van der Waals surface area contributed by atoms with Crippen molar-refractivity contribution in [1.29, 1.82) is 0 Å². The largest absolute Gasteiger partial charge is 0.462 e. The van der Waals surface area contributed by atoms with Gasteiger partial charge in [-0.3, -0.25) is 4.98 Å². The Morgan fingerprint density at radius 3 is 2.58 bits per heavy atom. The summed E-state index contributed by atoms with van der Waals surface area (Å²) >= 11 is 7.32. The number of rotatable bonds is 8. The zero-order chi connectivity index (χ0) is 25.7. The Morgan fingerprint density at radius 1 is 1.14 bits per heavy atom. The molecule has 184 valence electrons. The molecule has 0 aliphatic carbocycles. The number of nitrogens with zero attached hydrogens (tertiary/aromatic N) is 2. The molecule has 1 atom stereocenters. The first-order valence-corrected chi connectivity index (χ1v) is 12.6. The lowest BCUT2D eigenvalue weighted by atomic mass is 9.84. The molecule has 2 heterocycles. The van der Waals surface area contributed by atoms with Crippen LogP contribution in [0.2, 0.25) is 5.02 Å². The summed E-state index contributed by atoms with van der Waals surface area (Å²) in [4.78, 5) is 16.8. The van der Waals surface area contributed by atoms with Crippen LogP contribution in [0.3, 0.4) is 0 Å². The monoisotopic (exact) mass is 522 g/mol. The van der Waals surface area contributed by atoms with Gasteiger partial charge in [-0.1, -0.05) is 47.1 Å². The Hall–Kier alpha value is -3.55. The highest BCUT2D eigenvalue weighted by Gasteiger charge is 2.25. The van der Waals surface area contributed by atoms with Crippen LogP contribution in [-0.4, -0.2) is 28.5 Å². The van der Waals surface area contributed by atoms with Crippen LogP contribution in [0, 0.1) is 12.7 Å². The maximum absolute atomic E-state index is 15.1. The topological polar surface area (TPSA) is 71.8 Å². The first-order valence-electron chi connectivity index (χ1n) is 11.3. The van der Waals surface area contributed by atoms with Crippen molar-refractivity contribution in [3.8, 4) is 11.1 Å². The Bertz CT molecular complexity index is 1400. The van der Waals surface area contributed by atoms with Gasteiger partial charge < -0.3 is 9.94 Å². The van der Waals surface area contributed by atoms with Crippen LogP contribution < -0.4 is 0 Å². The fourth-order valence-electron chi connectivity index (χ4n) is 4.07. The summed E-state index contributed by atoms with van der Waals surface area (Å²) in [5.74, 6) is -1.48. The van der Waals surface area contributed by atoms with Gasteiger partial charge in [-0.25, -0.2) is 9.18 Å². The highest BCUT2D eigenvalue weighted by atomic mass is 35.5. The minimum Gasteiger partial charge on any atom is -0.462 e. The molecule has 5 nitrogen and oxygen atoms in total. The molecule has 4 aromatic rings. The number of aryl methyl sites for hydroxylation is 1. The molecular weight excluding hydrogens is 499 g/mol. The Kier molecular flexibility index (Phi) is 8.13. The van der Waals surface area contributed by atoms with E-state index >= 15 is 4.39 Å². The van der Waals surface area contributed by atoms with Crippen LogP contribution in [0.15, 0.2) is 77.4 Å². The molecule has 0 fully saturated rings. The van der Waals surface area contributed by atoms with E-state index < -0.39 is 11.7 Å². The standard InChI is InChI=1S/C28H24ClFN2O3S/c1-3-35-28(33)26-14-21(16-36-26)19-4-6-20(7-5-19)27(23-9-8-22(29)15-24(23)30)25(32-34)13-18-10-11-31-17(2)12-18/h4-12,14-16,27,34H,3,13H2,1-2H3. The Balaban J connectivity index is 1.71. The Labute approximate surface area is 217 Å². The van der Waals surface area contributed by atoms with Crippen molar-refractivity contribution in [2.45, 2.75) is 26.2 Å². The molecule has 0 spiro atoms. The number of oxime groups is 1. The predicted molar refractivity (Wildman–Crippen MR) is 141 cm³/mol. The fraction of sp³-hybridized carbons (Fsp3) is 0.179. The second-order valence-corrected chi connectivity index (χ2v) is 9.56. The normalized spacial score (nSPS) is 12.4. The number of ether oxygens (including phenoxy) is 1. The van der Waals surface area contributed by atoms with Crippen LogP contribution in [0.5, 0.6) is 0 Å². The van der Waals surface area contributed by atoms with E-state index in [9.17, 15) is 10.0 Å². The number of carbonyl (C=O) groups excluding carboxylic acids is 1. The molecular formula is C28H24ClFN2O3S. The Morgan fingerprint density at radius 2 is 1.92 bits per heavy atom. The zero-order valence-electron chi connectivity index (χ0n) is 19.7. The highest BCUT2D eigenvalue weighted by molar-refractivity contribution is 7.12.